The van der Waals surface area contributed by atoms with Crippen LogP contribution in [0.1, 0.15) is 26.7 Å². The zero-order chi connectivity index (χ0) is 13.9. The maximum atomic E-state index is 12.2. The van der Waals surface area contributed by atoms with Crippen molar-refractivity contribution in [1.29, 1.82) is 0 Å². The van der Waals surface area contributed by atoms with Gasteiger partial charge < -0.3 is 15.3 Å². The Labute approximate surface area is 106 Å². The molecule has 1 rings (SSSR count). The Balaban J connectivity index is 2.76. The molecule has 2 amide bonds. The van der Waals surface area contributed by atoms with Gasteiger partial charge in [-0.2, -0.15) is 0 Å². The van der Waals surface area contributed by atoms with Crippen LogP contribution in [0.2, 0.25) is 0 Å². The van der Waals surface area contributed by atoms with Crippen molar-refractivity contribution in [2.75, 3.05) is 13.6 Å². The lowest BCUT2D eigenvalue weighted by Gasteiger charge is -2.27. The van der Waals surface area contributed by atoms with Gasteiger partial charge in [0.25, 0.3) is 0 Å². The van der Waals surface area contributed by atoms with Gasteiger partial charge in [-0.3, -0.25) is 14.4 Å². The van der Waals surface area contributed by atoms with Crippen LogP contribution in [0, 0.1) is 11.8 Å². The maximum Gasteiger partial charge on any atom is 0.307 e. The Bertz CT molecular complexity index is 356. The number of hydrogen-bond acceptors (Lipinski definition) is 3. The lowest BCUT2D eigenvalue weighted by atomic mass is 9.94. The highest BCUT2D eigenvalue weighted by molar-refractivity contribution is 5.90. The standard InChI is InChI=1S/C12H20N2O4/c1-7(8(2)12(17)18)11(16)14-6-4-5-9(14)10(15)13-3/h7-9H,4-6H2,1-3H3,(H,13,15)(H,17,18). The van der Waals surface area contributed by atoms with Crippen molar-refractivity contribution in [1.82, 2.24) is 10.2 Å². The van der Waals surface area contributed by atoms with Gasteiger partial charge in [0, 0.05) is 19.5 Å². The fourth-order valence-corrected chi connectivity index (χ4v) is 2.16. The van der Waals surface area contributed by atoms with Crippen molar-refractivity contribution >= 4 is 17.8 Å². The quantitative estimate of drug-likeness (QED) is 0.745. The van der Waals surface area contributed by atoms with E-state index in [9.17, 15) is 14.4 Å². The number of likely N-dealkylation sites (N-methyl/N-ethyl adjacent to an activating group) is 1. The summed E-state index contributed by atoms with van der Waals surface area (Å²) < 4.78 is 0. The summed E-state index contributed by atoms with van der Waals surface area (Å²) in [7, 11) is 1.53. The number of hydrogen-bond donors (Lipinski definition) is 2. The maximum absolute atomic E-state index is 12.2. The summed E-state index contributed by atoms with van der Waals surface area (Å²) in [6, 6.07) is -0.453. The number of carbonyl (C=O) groups excluding carboxylic acids is 2. The smallest absolute Gasteiger partial charge is 0.307 e. The topological polar surface area (TPSA) is 86.7 Å². The van der Waals surface area contributed by atoms with E-state index in [4.69, 9.17) is 5.11 Å². The van der Waals surface area contributed by atoms with E-state index in [0.717, 1.165) is 6.42 Å². The normalized spacial score (nSPS) is 22.4. The minimum Gasteiger partial charge on any atom is -0.481 e. The van der Waals surface area contributed by atoms with Crippen molar-refractivity contribution in [2.24, 2.45) is 11.8 Å². The predicted octanol–water partition coefficient (Wildman–Crippen LogP) is 0.0802. The molecular weight excluding hydrogens is 236 g/mol. The summed E-state index contributed by atoms with van der Waals surface area (Å²) >= 11 is 0. The largest absolute Gasteiger partial charge is 0.481 e. The van der Waals surface area contributed by atoms with E-state index >= 15 is 0 Å². The van der Waals surface area contributed by atoms with E-state index in [1.165, 1.54) is 18.9 Å². The molecule has 1 fully saturated rings. The molecule has 6 nitrogen and oxygen atoms in total. The van der Waals surface area contributed by atoms with Gasteiger partial charge in [-0.1, -0.05) is 13.8 Å². The zero-order valence-electron chi connectivity index (χ0n) is 11.0. The molecule has 0 aromatic carbocycles. The molecular formula is C12H20N2O4. The third-order valence-electron chi connectivity index (χ3n) is 3.61. The molecule has 1 aliphatic heterocycles. The van der Waals surface area contributed by atoms with E-state index in [1.807, 2.05) is 0 Å². The highest BCUT2D eigenvalue weighted by Gasteiger charge is 2.37. The second-order valence-electron chi connectivity index (χ2n) is 4.72. The molecule has 3 unspecified atom stereocenters. The summed E-state index contributed by atoms with van der Waals surface area (Å²) in [6.45, 7) is 3.63. The van der Waals surface area contributed by atoms with Crippen molar-refractivity contribution < 1.29 is 19.5 Å². The number of carboxylic acids is 1. The van der Waals surface area contributed by atoms with Crippen LogP contribution in [-0.4, -0.2) is 47.4 Å². The van der Waals surface area contributed by atoms with Gasteiger partial charge in [0.2, 0.25) is 11.8 Å². The van der Waals surface area contributed by atoms with Crippen LogP contribution in [0.4, 0.5) is 0 Å². The molecule has 1 saturated heterocycles. The van der Waals surface area contributed by atoms with Gasteiger partial charge in [-0.05, 0) is 12.8 Å². The molecule has 6 heteroatoms. The van der Waals surface area contributed by atoms with Crippen molar-refractivity contribution in [3.63, 3.8) is 0 Å². The first kappa shape index (κ1) is 14.5. The van der Waals surface area contributed by atoms with Crippen LogP contribution in [0.3, 0.4) is 0 Å². The highest BCUT2D eigenvalue weighted by Crippen LogP contribution is 2.23. The summed E-state index contributed by atoms with van der Waals surface area (Å²) in [5, 5.41) is 11.4. The Morgan fingerprint density at radius 3 is 2.39 bits per heavy atom. The Morgan fingerprint density at radius 2 is 1.89 bits per heavy atom. The molecule has 0 radical (unpaired) electrons. The molecule has 2 N–H and O–H groups in total. The molecule has 102 valence electrons. The minimum atomic E-state index is -0.994. The third kappa shape index (κ3) is 2.80. The summed E-state index contributed by atoms with van der Waals surface area (Å²) in [5.41, 5.74) is 0. The lowest BCUT2D eigenvalue weighted by Crippen LogP contribution is -2.48. The molecule has 18 heavy (non-hydrogen) atoms. The van der Waals surface area contributed by atoms with Gasteiger partial charge in [0.1, 0.15) is 6.04 Å². The molecule has 0 saturated carbocycles. The molecule has 1 heterocycles. The summed E-state index contributed by atoms with van der Waals surface area (Å²) in [5.74, 6) is -2.80. The molecule has 1 aliphatic rings. The molecule has 0 bridgehead atoms. The lowest BCUT2D eigenvalue weighted by molar-refractivity contribution is -0.150. The Hall–Kier alpha value is -1.59. The number of likely N-dealkylation sites (tertiary alicyclic amines) is 1. The third-order valence-corrected chi connectivity index (χ3v) is 3.61. The second-order valence-corrected chi connectivity index (χ2v) is 4.72. The van der Waals surface area contributed by atoms with Crippen LogP contribution >= 0.6 is 0 Å². The van der Waals surface area contributed by atoms with E-state index in [1.54, 1.807) is 6.92 Å². The van der Waals surface area contributed by atoms with Crippen LogP contribution in [0.25, 0.3) is 0 Å². The number of nitrogens with zero attached hydrogens (tertiary/aromatic N) is 1. The summed E-state index contributed by atoms with van der Waals surface area (Å²) in [4.78, 5) is 36.2. The Morgan fingerprint density at radius 1 is 1.28 bits per heavy atom. The molecule has 0 aliphatic carbocycles. The number of rotatable bonds is 4. The van der Waals surface area contributed by atoms with Gasteiger partial charge in [-0.25, -0.2) is 0 Å². The van der Waals surface area contributed by atoms with Gasteiger partial charge in [-0.15, -0.1) is 0 Å². The van der Waals surface area contributed by atoms with Crippen LogP contribution < -0.4 is 5.32 Å². The number of nitrogens with one attached hydrogen (secondary N) is 1. The van der Waals surface area contributed by atoms with E-state index < -0.39 is 23.8 Å². The van der Waals surface area contributed by atoms with Crippen LogP contribution in [0.5, 0.6) is 0 Å². The average molecular weight is 256 g/mol. The first-order chi connectivity index (χ1) is 8.40. The first-order valence-electron chi connectivity index (χ1n) is 6.15. The molecule has 0 aromatic rings. The van der Waals surface area contributed by atoms with Crippen molar-refractivity contribution in [2.45, 2.75) is 32.7 Å². The molecule has 0 spiro atoms. The van der Waals surface area contributed by atoms with E-state index in [0.29, 0.717) is 13.0 Å². The zero-order valence-corrected chi connectivity index (χ0v) is 11.0. The highest BCUT2D eigenvalue weighted by atomic mass is 16.4. The monoisotopic (exact) mass is 256 g/mol. The SMILES string of the molecule is CNC(=O)C1CCCN1C(=O)C(C)C(C)C(=O)O. The second kappa shape index (κ2) is 5.84. The number of aliphatic carboxylic acids is 1. The predicted molar refractivity (Wildman–Crippen MR) is 64.8 cm³/mol. The van der Waals surface area contributed by atoms with Gasteiger partial charge in [0.05, 0.1) is 5.92 Å². The Kier molecular flexibility index (Phi) is 4.69. The first-order valence-corrected chi connectivity index (χ1v) is 6.15. The number of amides is 2. The fourth-order valence-electron chi connectivity index (χ4n) is 2.16. The molecule has 3 atom stereocenters. The van der Waals surface area contributed by atoms with Crippen LogP contribution in [-0.2, 0) is 14.4 Å². The van der Waals surface area contributed by atoms with E-state index in [2.05, 4.69) is 5.32 Å². The minimum absolute atomic E-state index is 0.184. The number of carbonyl (C=O) groups is 3. The van der Waals surface area contributed by atoms with Crippen molar-refractivity contribution in [3.8, 4) is 0 Å². The van der Waals surface area contributed by atoms with Crippen LogP contribution in [0.15, 0.2) is 0 Å². The molecule has 0 aromatic heterocycles. The van der Waals surface area contributed by atoms with E-state index in [-0.39, 0.29) is 11.8 Å². The van der Waals surface area contributed by atoms with Gasteiger partial charge >= 0.3 is 5.97 Å². The fraction of sp³-hybridized carbons (Fsp3) is 0.750. The van der Waals surface area contributed by atoms with Crippen molar-refractivity contribution in [3.05, 3.63) is 0 Å². The average Bonchev–Trinajstić information content (AvgIpc) is 2.83. The number of carboxylic acid groups (broad SMARTS) is 1. The summed E-state index contributed by atoms with van der Waals surface area (Å²) in [6.07, 6.45) is 1.41. The van der Waals surface area contributed by atoms with Gasteiger partial charge in [0.15, 0.2) is 0 Å².